The molecule has 5 rings (SSSR count). The molecule has 0 aliphatic carbocycles. The van der Waals surface area contributed by atoms with Crippen LogP contribution in [0.5, 0.6) is 11.5 Å². The second-order valence-corrected chi connectivity index (χ2v) is 7.56. The van der Waals surface area contributed by atoms with E-state index in [1.54, 1.807) is 23.4 Å². The first-order valence-electron chi connectivity index (χ1n) is 9.90. The Morgan fingerprint density at radius 1 is 1.31 bits per heavy atom. The fraction of sp³-hybridized carbons (Fsp3) is 0.286. The van der Waals surface area contributed by atoms with Crippen molar-refractivity contribution in [1.82, 2.24) is 14.9 Å². The van der Waals surface area contributed by atoms with Gasteiger partial charge in [-0.3, -0.25) is 9.78 Å². The summed E-state index contributed by atoms with van der Waals surface area (Å²) in [4.78, 5) is 30.0. The maximum atomic E-state index is 14.3. The topological polar surface area (TPSA) is 120 Å². The van der Waals surface area contributed by atoms with E-state index in [9.17, 15) is 14.0 Å². The molecule has 0 unspecified atom stereocenters. The van der Waals surface area contributed by atoms with Crippen molar-refractivity contribution in [2.75, 3.05) is 25.0 Å². The average molecular weight is 436 g/mol. The lowest BCUT2D eigenvalue weighted by molar-refractivity contribution is -0.118. The van der Waals surface area contributed by atoms with Crippen LogP contribution in [-0.2, 0) is 4.79 Å². The summed E-state index contributed by atoms with van der Waals surface area (Å²) in [5.41, 5.74) is 1.48. The molecule has 1 fully saturated rings. The largest absolute Gasteiger partial charge is 0.484 e. The number of halogens is 1. The third-order valence-electron chi connectivity index (χ3n) is 5.38. The van der Waals surface area contributed by atoms with Gasteiger partial charge in [0.1, 0.15) is 17.9 Å². The fourth-order valence-corrected chi connectivity index (χ4v) is 3.74. The van der Waals surface area contributed by atoms with Crippen LogP contribution in [0.2, 0.25) is 0 Å². The van der Waals surface area contributed by atoms with Gasteiger partial charge in [-0.05, 0) is 11.6 Å². The number of hydrazone groups is 1. The number of benzene rings is 1. The van der Waals surface area contributed by atoms with Gasteiger partial charge in [0, 0.05) is 37.2 Å². The lowest BCUT2D eigenvalue weighted by Gasteiger charge is -2.41. The van der Waals surface area contributed by atoms with Crippen LogP contribution >= 0.6 is 0 Å². The van der Waals surface area contributed by atoms with Gasteiger partial charge in [-0.15, -0.1) is 0 Å². The van der Waals surface area contributed by atoms with Crippen LogP contribution in [0.4, 0.5) is 14.9 Å². The highest BCUT2D eigenvalue weighted by Gasteiger charge is 2.39. The number of pyridine rings is 1. The van der Waals surface area contributed by atoms with Gasteiger partial charge in [0.15, 0.2) is 18.2 Å². The molecule has 3 aliphatic rings. The van der Waals surface area contributed by atoms with Gasteiger partial charge in [0.05, 0.1) is 30.4 Å². The van der Waals surface area contributed by atoms with Gasteiger partial charge in [0.2, 0.25) is 0 Å². The number of aromatic nitrogens is 1. The number of anilines is 1. The lowest BCUT2D eigenvalue weighted by atomic mass is 10.1. The van der Waals surface area contributed by atoms with E-state index in [2.05, 4.69) is 15.4 Å². The molecule has 0 bridgehead atoms. The Kier molecular flexibility index (Phi) is 4.82. The van der Waals surface area contributed by atoms with Crippen LogP contribution in [0.1, 0.15) is 23.6 Å². The monoisotopic (exact) mass is 436 g/mol. The van der Waals surface area contributed by atoms with Crippen LogP contribution < -0.4 is 14.8 Å². The maximum absolute atomic E-state index is 14.3. The van der Waals surface area contributed by atoms with Gasteiger partial charge < -0.3 is 19.7 Å². The number of urea groups is 1. The minimum atomic E-state index is -0.612. The highest BCUT2D eigenvalue weighted by Crippen LogP contribution is 2.35. The summed E-state index contributed by atoms with van der Waals surface area (Å²) in [6, 6.07) is 5.62. The second kappa shape index (κ2) is 7.81. The van der Waals surface area contributed by atoms with Gasteiger partial charge in [-0.25, -0.2) is 14.2 Å². The number of nitriles is 1. The number of hydrogen-bond acceptors (Lipinski definition) is 7. The molecule has 0 radical (unpaired) electrons. The number of likely N-dealkylation sites (tertiary alicyclic amines) is 1. The summed E-state index contributed by atoms with van der Waals surface area (Å²) in [7, 11) is 0. The molecule has 1 atom stereocenters. The summed E-state index contributed by atoms with van der Waals surface area (Å²) in [6.07, 6.45) is 4.84. The SMILES string of the molecule is N#Cc1cncc([C@@H]2CC=NN2C(=O)N2CC(Oc3cc4c(cc3F)OCC(=O)N4)C2)c1. The number of carbonyl (C=O) groups excluding carboxylic acids is 2. The molecular formula is C21H17FN6O4. The van der Waals surface area contributed by atoms with Crippen molar-refractivity contribution in [2.45, 2.75) is 18.6 Å². The number of rotatable bonds is 3. The van der Waals surface area contributed by atoms with Crippen molar-refractivity contribution >= 4 is 23.8 Å². The van der Waals surface area contributed by atoms with Gasteiger partial charge in [-0.2, -0.15) is 10.4 Å². The standard InChI is InChI=1S/C21H17FN6O4/c22-15-4-19-16(26-20(29)11-31-19)5-18(15)32-14-9-27(10-14)21(30)28-17(1-2-25-28)13-3-12(6-23)7-24-8-13/h2-5,7-8,14,17H,1,9-11H2,(H,26,29)/t17-/m0/s1. The van der Waals surface area contributed by atoms with E-state index in [0.29, 0.717) is 17.7 Å². The fourth-order valence-electron chi connectivity index (χ4n) is 3.74. The first-order valence-corrected chi connectivity index (χ1v) is 9.90. The predicted octanol–water partition coefficient (Wildman–Crippen LogP) is 2.04. The van der Waals surface area contributed by atoms with Crippen molar-refractivity contribution in [1.29, 1.82) is 5.26 Å². The second-order valence-electron chi connectivity index (χ2n) is 7.56. The minimum absolute atomic E-state index is 0.0249. The molecule has 11 heteroatoms. The molecule has 3 amide bonds. The Balaban J connectivity index is 1.22. The van der Waals surface area contributed by atoms with Crippen molar-refractivity contribution in [2.24, 2.45) is 5.10 Å². The molecule has 3 aliphatic heterocycles. The van der Waals surface area contributed by atoms with Crippen LogP contribution in [0.25, 0.3) is 0 Å². The lowest BCUT2D eigenvalue weighted by Crippen LogP contribution is -2.58. The summed E-state index contributed by atoms with van der Waals surface area (Å²) >= 11 is 0. The molecule has 2 aromatic rings. The van der Waals surface area contributed by atoms with E-state index >= 15 is 0 Å². The smallest absolute Gasteiger partial charge is 0.341 e. The van der Waals surface area contributed by atoms with Crippen LogP contribution in [0.15, 0.2) is 35.7 Å². The van der Waals surface area contributed by atoms with Crippen LogP contribution in [0, 0.1) is 17.1 Å². The molecule has 0 saturated carbocycles. The zero-order chi connectivity index (χ0) is 22.2. The van der Waals surface area contributed by atoms with E-state index in [0.717, 1.165) is 5.56 Å². The third-order valence-corrected chi connectivity index (χ3v) is 5.38. The Morgan fingerprint density at radius 3 is 2.97 bits per heavy atom. The Labute approximate surface area is 181 Å². The van der Waals surface area contributed by atoms with Gasteiger partial charge in [-0.1, -0.05) is 0 Å². The van der Waals surface area contributed by atoms with Gasteiger partial charge >= 0.3 is 6.03 Å². The van der Waals surface area contributed by atoms with E-state index in [1.807, 2.05) is 6.07 Å². The molecular weight excluding hydrogens is 419 g/mol. The summed E-state index contributed by atoms with van der Waals surface area (Å²) in [5, 5.41) is 17.2. The number of carbonyl (C=O) groups is 2. The number of nitrogens with zero attached hydrogens (tertiary/aromatic N) is 5. The number of amides is 3. The molecule has 10 nitrogen and oxygen atoms in total. The molecule has 32 heavy (non-hydrogen) atoms. The Morgan fingerprint density at radius 2 is 2.16 bits per heavy atom. The summed E-state index contributed by atoms with van der Waals surface area (Å²) in [6.45, 7) is 0.351. The van der Waals surface area contributed by atoms with Gasteiger partial charge in [0.25, 0.3) is 5.91 Å². The third kappa shape index (κ3) is 3.56. The zero-order valence-corrected chi connectivity index (χ0v) is 16.7. The molecule has 1 saturated heterocycles. The number of nitrogens with one attached hydrogen (secondary N) is 1. The normalized spacial score (nSPS) is 19.5. The number of fused-ring (bicyclic) bond motifs is 1. The van der Waals surface area contributed by atoms with E-state index in [1.165, 1.54) is 23.3 Å². The molecule has 1 N–H and O–H groups in total. The molecule has 1 aromatic heterocycles. The summed E-state index contributed by atoms with van der Waals surface area (Å²) < 4.78 is 25.2. The Hall–Kier alpha value is -4.20. The predicted molar refractivity (Wildman–Crippen MR) is 109 cm³/mol. The van der Waals surface area contributed by atoms with E-state index in [-0.39, 0.29) is 49.2 Å². The molecule has 4 heterocycles. The average Bonchev–Trinajstić information content (AvgIpc) is 3.26. The highest BCUT2D eigenvalue weighted by atomic mass is 19.1. The minimum Gasteiger partial charge on any atom is -0.484 e. The Bertz CT molecular complexity index is 1170. The molecule has 1 aromatic carbocycles. The van der Waals surface area contributed by atoms with Crippen LogP contribution in [0.3, 0.4) is 0 Å². The van der Waals surface area contributed by atoms with Crippen LogP contribution in [-0.4, -0.2) is 58.8 Å². The summed E-state index contributed by atoms with van der Waals surface area (Å²) in [5.74, 6) is -0.721. The van der Waals surface area contributed by atoms with Crippen molar-refractivity contribution in [3.05, 3.63) is 47.5 Å². The van der Waals surface area contributed by atoms with Crippen molar-refractivity contribution < 1.29 is 23.5 Å². The van der Waals surface area contributed by atoms with E-state index < -0.39 is 11.9 Å². The highest BCUT2D eigenvalue weighted by molar-refractivity contribution is 5.95. The zero-order valence-electron chi connectivity index (χ0n) is 16.7. The molecule has 0 spiro atoms. The van der Waals surface area contributed by atoms with E-state index in [4.69, 9.17) is 14.7 Å². The number of ether oxygens (including phenoxy) is 2. The molecule has 162 valence electrons. The van der Waals surface area contributed by atoms with Crippen molar-refractivity contribution in [3.8, 4) is 17.6 Å². The maximum Gasteiger partial charge on any atom is 0.341 e. The number of hydrogen-bond donors (Lipinski definition) is 1. The van der Waals surface area contributed by atoms with Crippen molar-refractivity contribution in [3.63, 3.8) is 0 Å². The quantitative estimate of drug-likeness (QED) is 0.786. The first kappa shape index (κ1) is 19.7. The first-order chi connectivity index (χ1) is 15.5.